The summed E-state index contributed by atoms with van der Waals surface area (Å²) in [5.74, 6) is 0. The lowest BCUT2D eigenvalue weighted by Crippen LogP contribution is -2.18. The summed E-state index contributed by atoms with van der Waals surface area (Å²) in [4.78, 5) is -0.0545. The van der Waals surface area contributed by atoms with Crippen molar-refractivity contribution < 1.29 is 25.8 Å². The van der Waals surface area contributed by atoms with E-state index in [0.29, 0.717) is 6.07 Å². The fourth-order valence-electron chi connectivity index (χ4n) is 1.22. The van der Waals surface area contributed by atoms with Gasteiger partial charge < -0.3 is 0 Å². The van der Waals surface area contributed by atoms with Crippen LogP contribution in [0.5, 0.6) is 0 Å². The summed E-state index contributed by atoms with van der Waals surface area (Å²) in [6, 6.07) is 2.70. The summed E-state index contributed by atoms with van der Waals surface area (Å²) in [6.45, 7) is 0. The molecule has 19 heavy (non-hydrogen) atoms. The second-order valence-electron chi connectivity index (χ2n) is 3.49. The highest BCUT2D eigenvalue weighted by Crippen LogP contribution is 2.36. The minimum atomic E-state index is -4.78. The molecule has 1 aromatic carbocycles. The number of hydrogen-bond acceptors (Lipinski definition) is 3. The molecule has 0 bridgehead atoms. The average molecular weight is 336 g/mol. The van der Waals surface area contributed by atoms with E-state index in [4.69, 9.17) is 11.6 Å². The zero-order chi connectivity index (χ0) is 14.8. The average Bonchev–Trinajstić information content (AvgIpc) is 2.27. The Bertz CT molecular complexity index is 601. The second kappa shape index (κ2) is 5.68. The Hall–Kier alpha value is -0.800. The normalized spacial score (nSPS) is 14.2. The van der Waals surface area contributed by atoms with Gasteiger partial charge in [-0.2, -0.15) is 13.2 Å². The SMILES string of the molecule is CS(=O)c1ccc(NS(=O)(=O)CCl)c(C(F)(F)F)c1. The Morgan fingerprint density at radius 1 is 1.37 bits per heavy atom. The van der Waals surface area contributed by atoms with Gasteiger partial charge in [0.15, 0.2) is 0 Å². The van der Waals surface area contributed by atoms with Crippen LogP contribution in [0.3, 0.4) is 0 Å². The number of rotatable bonds is 4. The maximum absolute atomic E-state index is 12.8. The molecule has 4 nitrogen and oxygen atoms in total. The summed E-state index contributed by atoms with van der Waals surface area (Å²) in [7, 11) is -5.66. The predicted molar refractivity (Wildman–Crippen MR) is 67.0 cm³/mol. The third-order valence-electron chi connectivity index (χ3n) is 2.04. The zero-order valence-electron chi connectivity index (χ0n) is 9.49. The molecule has 0 amide bonds. The molecular weight excluding hydrogens is 327 g/mol. The monoisotopic (exact) mass is 335 g/mol. The summed E-state index contributed by atoms with van der Waals surface area (Å²) in [5.41, 5.74) is -1.86. The summed E-state index contributed by atoms with van der Waals surface area (Å²) >= 11 is 5.11. The van der Waals surface area contributed by atoms with Crippen LogP contribution in [0.2, 0.25) is 0 Å². The maximum atomic E-state index is 12.8. The first-order valence-electron chi connectivity index (χ1n) is 4.68. The molecule has 0 saturated carbocycles. The molecule has 1 aromatic rings. The molecule has 0 spiro atoms. The number of anilines is 1. The molecule has 0 aliphatic carbocycles. The molecule has 0 radical (unpaired) electrons. The van der Waals surface area contributed by atoms with Crippen molar-refractivity contribution in [3.8, 4) is 0 Å². The van der Waals surface area contributed by atoms with Crippen LogP contribution in [0.15, 0.2) is 23.1 Å². The van der Waals surface area contributed by atoms with Crippen molar-refractivity contribution in [2.75, 3.05) is 16.2 Å². The third-order valence-corrected chi connectivity index (χ3v) is 4.64. The van der Waals surface area contributed by atoms with Crippen molar-refractivity contribution in [1.29, 1.82) is 0 Å². The molecule has 10 heteroatoms. The number of halogens is 4. The number of nitrogens with one attached hydrogen (secondary N) is 1. The molecule has 1 unspecified atom stereocenters. The van der Waals surface area contributed by atoms with E-state index in [2.05, 4.69) is 0 Å². The van der Waals surface area contributed by atoms with Gasteiger partial charge in [0.05, 0.1) is 11.3 Å². The second-order valence-corrected chi connectivity index (χ2v) is 7.17. The molecule has 0 heterocycles. The minimum absolute atomic E-state index is 0.0545. The number of hydrogen-bond donors (Lipinski definition) is 1. The quantitative estimate of drug-likeness (QED) is 0.859. The lowest BCUT2D eigenvalue weighted by molar-refractivity contribution is -0.137. The van der Waals surface area contributed by atoms with Crippen LogP contribution in [-0.2, 0) is 27.0 Å². The molecule has 0 aliphatic rings. The van der Waals surface area contributed by atoms with Crippen LogP contribution in [0.25, 0.3) is 0 Å². The van der Waals surface area contributed by atoms with Crippen LogP contribution < -0.4 is 4.72 Å². The van der Waals surface area contributed by atoms with Gasteiger partial charge in [0.2, 0.25) is 10.0 Å². The zero-order valence-corrected chi connectivity index (χ0v) is 11.9. The number of alkyl halides is 4. The van der Waals surface area contributed by atoms with E-state index >= 15 is 0 Å². The molecule has 0 aromatic heterocycles. The van der Waals surface area contributed by atoms with Gasteiger partial charge in [-0.1, -0.05) is 0 Å². The van der Waals surface area contributed by atoms with Gasteiger partial charge in [0.1, 0.15) is 5.21 Å². The molecule has 0 saturated heterocycles. The van der Waals surface area contributed by atoms with Crippen molar-refractivity contribution >= 4 is 38.1 Å². The summed E-state index contributed by atoms with van der Waals surface area (Å²) in [6.07, 6.45) is -3.56. The van der Waals surface area contributed by atoms with Crippen LogP contribution >= 0.6 is 11.6 Å². The van der Waals surface area contributed by atoms with E-state index in [-0.39, 0.29) is 4.90 Å². The van der Waals surface area contributed by atoms with Gasteiger partial charge in [0, 0.05) is 22.0 Å². The van der Waals surface area contributed by atoms with Crippen LogP contribution in [0, 0.1) is 0 Å². The van der Waals surface area contributed by atoms with E-state index in [1.807, 2.05) is 0 Å². The van der Waals surface area contributed by atoms with E-state index in [0.717, 1.165) is 12.1 Å². The van der Waals surface area contributed by atoms with E-state index in [1.165, 1.54) is 6.26 Å². The van der Waals surface area contributed by atoms with Gasteiger partial charge >= 0.3 is 6.18 Å². The fourth-order valence-corrected chi connectivity index (χ4v) is 2.50. The molecule has 0 fully saturated rings. The first kappa shape index (κ1) is 16.3. The number of benzene rings is 1. The lowest BCUT2D eigenvalue weighted by atomic mass is 10.2. The van der Waals surface area contributed by atoms with Crippen molar-refractivity contribution in [1.82, 2.24) is 0 Å². The van der Waals surface area contributed by atoms with Crippen LogP contribution in [0.1, 0.15) is 5.56 Å². The minimum Gasteiger partial charge on any atom is -0.282 e. The van der Waals surface area contributed by atoms with E-state index < -0.39 is 43.5 Å². The lowest BCUT2D eigenvalue weighted by Gasteiger charge is -2.14. The Balaban J connectivity index is 3.37. The molecule has 1 N–H and O–H groups in total. The van der Waals surface area contributed by atoms with Crippen molar-refractivity contribution in [2.45, 2.75) is 11.1 Å². The van der Waals surface area contributed by atoms with E-state index in [9.17, 15) is 25.8 Å². The largest absolute Gasteiger partial charge is 0.418 e. The van der Waals surface area contributed by atoms with Crippen molar-refractivity contribution in [3.63, 3.8) is 0 Å². The first-order chi connectivity index (χ1) is 8.57. The topological polar surface area (TPSA) is 63.2 Å². The van der Waals surface area contributed by atoms with Crippen LogP contribution in [0.4, 0.5) is 18.9 Å². The summed E-state index contributed by atoms with van der Waals surface area (Å²) < 4.78 is 73.7. The highest BCUT2D eigenvalue weighted by atomic mass is 35.5. The Labute approximate surface area is 115 Å². The molecule has 1 rings (SSSR count). The summed E-state index contributed by atoms with van der Waals surface area (Å²) in [5, 5.41) is -0.869. The first-order valence-corrected chi connectivity index (χ1v) is 8.42. The van der Waals surface area contributed by atoms with Gasteiger partial charge in [-0.25, -0.2) is 8.42 Å². The Morgan fingerprint density at radius 2 is 1.95 bits per heavy atom. The van der Waals surface area contributed by atoms with Gasteiger partial charge in [-0.3, -0.25) is 8.93 Å². The standard InChI is InChI=1S/C9H9ClF3NO3S2/c1-18(15)6-2-3-8(14-19(16,17)5-10)7(4-6)9(11,12)13/h2-4,14H,5H2,1H3. The smallest absolute Gasteiger partial charge is 0.282 e. The maximum Gasteiger partial charge on any atom is 0.418 e. The highest BCUT2D eigenvalue weighted by molar-refractivity contribution is 7.93. The fraction of sp³-hybridized carbons (Fsp3) is 0.333. The van der Waals surface area contributed by atoms with Gasteiger partial charge in [-0.05, 0) is 18.2 Å². The molecule has 1 atom stereocenters. The van der Waals surface area contributed by atoms with Gasteiger partial charge in [0.25, 0.3) is 0 Å². The van der Waals surface area contributed by atoms with Crippen molar-refractivity contribution in [3.05, 3.63) is 23.8 Å². The molecular formula is C9H9ClF3NO3S2. The Morgan fingerprint density at radius 3 is 2.37 bits per heavy atom. The van der Waals surface area contributed by atoms with Gasteiger partial charge in [-0.15, -0.1) is 11.6 Å². The highest BCUT2D eigenvalue weighted by Gasteiger charge is 2.35. The number of sulfonamides is 1. The van der Waals surface area contributed by atoms with E-state index in [1.54, 1.807) is 4.72 Å². The van der Waals surface area contributed by atoms with Crippen molar-refractivity contribution in [2.24, 2.45) is 0 Å². The molecule has 108 valence electrons. The third kappa shape index (κ3) is 4.36. The van der Waals surface area contributed by atoms with Crippen LogP contribution in [-0.4, -0.2) is 24.1 Å². The molecule has 0 aliphatic heterocycles. The predicted octanol–water partition coefficient (Wildman–Crippen LogP) is 2.38. The Kier molecular flexibility index (Phi) is 4.86.